The molecule has 2 aliphatic rings. The van der Waals surface area contributed by atoms with E-state index in [1.165, 1.54) is 5.56 Å². The molecule has 1 aromatic heterocycles. The molecule has 6 heteroatoms. The quantitative estimate of drug-likeness (QED) is 0.900. The van der Waals surface area contributed by atoms with Crippen LogP contribution in [0.3, 0.4) is 0 Å². The third-order valence-electron chi connectivity index (χ3n) is 5.68. The number of hydrogen-bond acceptors (Lipinski definition) is 4. The van der Waals surface area contributed by atoms with Gasteiger partial charge in [0.15, 0.2) is 0 Å². The molecule has 1 N–H and O–H groups in total. The van der Waals surface area contributed by atoms with Crippen molar-refractivity contribution in [3.63, 3.8) is 0 Å². The molecule has 138 valence electrons. The van der Waals surface area contributed by atoms with Crippen molar-refractivity contribution in [2.45, 2.75) is 24.9 Å². The fraction of sp³-hybridized carbons (Fsp3) is 0.500. The van der Waals surface area contributed by atoms with Gasteiger partial charge in [0.25, 0.3) is 5.91 Å². The van der Waals surface area contributed by atoms with Gasteiger partial charge >= 0.3 is 0 Å². The standard InChI is InChI=1S/C20H27N5O/c26-19(20(7-10-21-11-8-20)25-12-4-9-22-25)24-15-13-23(14-16-24)17-18-5-2-1-3-6-18/h1-6,9,12,21H,7-8,10-11,13-17H2. The Morgan fingerprint density at radius 1 is 1.04 bits per heavy atom. The van der Waals surface area contributed by atoms with Crippen LogP contribution in [0.5, 0.6) is 0 Å². The molecule has 1 aromatic carbocycles. The van der Waals surface area contributed by atoms with Crippen LogP contribution >= 0.6 is 0 Å². The summed E-state index contributed by atoms with van der Waals surface area (Å²) >= 11 is 0. The second-order valence-corrected chi connectivity index (χ2v) is 7.29. The Labute approximate surface area is 154 Å². The minimum atomic E-state index is -0.518. The first kappa shape index (κ1) is 17.2. The van der Waals surface area contributed by atoms with Crippen molar-refractivity contribution in [3.05, 3.63) is 54.4 Å². The number of nitrogens with zero attached hydrogens (tertiary/aromatic N) is 4. The van der Waals surface area contributed by atoms with Crippen molar-refractivity contribution in [1.29, 1.82) is 0 Å². The van der Waals surface area contributed by atoms with E-state index in [2.05, 4.69) is 44.5 Å². The average molecular weight is 353 g/mol. The van der Waals surface area contributed by atoms with Crippen molar-refractivity contribution in [2.75, 3.05) is 39.3 Å². The normalized spacial score (nSPS) is 20.8. The zero-order chi connectivity index (χ0) is 17.8. The summed E-state index contributed by atoms with van der Waals surface area (Å²) in [5, 5.41) is 7.80. The minimum absolute atomic E-state index is 0.238. The number of carbonyl (C=O) groups is 1. The zero-order valence-electron chi connectivity index (χ0n) is 15.2. The van der Waals surface area contributed by atoms with Crippen LogP contribution in [0.15, 0.2) is 48.8 Å². The van der Waals surface area contributed by atoms with Gasteiger partial charge in [-0.1, -0.05) is 30.3 Å². The van der Waals surface area contributed by atoms with Crippen molar-refractivity contribution in [1.82, 2.24) is 24.9 Å². The van der Waals surface area contributed by atoms with Crippen LogP contribution in [0.4, 0.5) is 0 Å². The van der Waals surface area contributed by atoms with E-state index in [-0.39, 0.29) is 5.91 Å². The number of rotatable bonds is 4. The minimum Gasteiger partial charge on any atom is -0.338 e. The second kappa shape index (κ2) is 7.60. The highest BCUT2D eigenvalue weighted by Gasteiger charge is 2.44. The SMILES string of the molecule is O=C(N1CCN(Cc2ccccc2)CC1)C1(n2cccn2)CCNCC1. The molecule has 0 atom stereocenters. The lowest BCUT2D eigenvalue weighted by Gasteiger charge is -2.43. The average Bonchev–Trinajstić information content (AvgIpc) is 3.25. The largest absolute Gasteiger partial charge is 0.338 e. The number of piperidine rings is 1. The maximum absolute atomic E-state index is 13.5. The molecule has 3 heterocycles. The first-order chi connectivity index (χ1) is 12.8. The van der Waals surface area contributed by atoms with Crippen LogP contribution in [-0.4, -0.2) is 64.8 Å². The zero-order valence-corrected chi connectivity index (χ0v) is 15.2. The predicted molar refractivity (Wildman–Crippen MR) is 101 cm³/mol. The Morgan fingerprint density at radius 2 is 1.77 bits per heavy atom. The molecule has 0 spiro atoms. The molecule has 2 saturated heterocycles. The highest BCUT2D eigenvalue weighted by atomic mass is 16.2. The van der Waals surface area contributed by atoms with Gasteiger partial charge < -0.3 is 10.2 Å². The maximum atomic E-state index is 13.5. The lowest BCUT2D eigenvalue weighted by Crippen LogP contribution is -2.59. The third kappa shape index (κ3) is 3.39. The fourth-order valence-corrected chi connectivity index (χ4v) is 4.15. The first-order valence-corrected chi connectivity index (χ1v) is 9.54. The predicted octanol–water partition coefficient (Wildman–Crippen LogP) is 1.31. The van der Waals surface area contributed by atoms with E-state index in [0.717, 1.165) is 58.7 Å². The van der Waals surface area contributed by atoms with Gasteiger partial charge in [0.05, 0.1) is 0 Å². The van der Waals surface area contributed by atoms with Gasteiger partial charge in [-0.25, -0.2) is 0 Å². The van der Waals surface area contributed by atoms with Crippen molar-refractivity contribution >= 4 is 5.91 Å². The van der Waals surface area contributed by atoms with E-state index in [0.29, 0.717) is 0 Å². The number of carbonyl (C=O) groups excluding carboxylic acids is 1. The number of amides is 1. The molecular weight excluding hydrogens is 326 g/mol. The number of aromatic nitrogens is 2. The smallest absolute Gasteiger partial charge is 0.250 e. The first-order valence-electron chi connectivity index (χ1n) is 9.54. The lowest BCUT2D eigenvalue weighted by atomic mass is 9.86. The summed E-state index contributed by atoms with van der Waals surface area (Å²) in [4.78, 5) is 17.9. The monoisotopic (exact) mass is 353 g/mol. The van der Waals surface area contributed by atoms with Gasteiger partial charge in [0.2, 0.25) is 0 Å². The molecule has 4 rings (SSSR count). The molecule has 2 aromatic rings. The highest BCUT2D eigenvalue weighted by Crippen LogP contribution is 2.30. The lowest BCUT2D eigenvalue weighted by molar-refractivity contribution is -0.145. The number of hydrogen-bond donors (Lipinski definition) is 1. The molecule has 6 nitrogen and oxygen atoms in total. The molecule has 2 fully saturated rings. The third-order valence-corrected chi connectivity index (χ3v) is 5.68. The van der Waals surface area contributed by atoms with Crippen LogP contribution in [0.2, 0.25) is 0 Å². The summed E-state index contributed by atoms with van der Waals surface area (Å²) in [5.74, 6) is 0.238. The van der Waals surface area contributed by atoms with Crippen molar-refractivity contribution in [3.8, 4) is 0 Å². The van der Waals surface area contributed by atoms with Gasteiger partial charge in [0, 0.05) is 45.1 Å². The Hall–Kier alpha value is -2.18. The Bertz CT molecular complexity index is 701. The number of nitrogens with one attached hydrogen (secondary N) is 1. The molecule has 0 radical (unpaired) electrons. The molecule has 0 bridgehead atoms. The van der Waals surface area contributed by atoms with Crippen LogP contribution in [0.25, 0.3) is 0 Å². The van der Waals surface area contributed by atoms with Gasteiger partial charge in [-0.05, 0) is 37.6 Å². The van der Waals surface area contributed by atoms with Crippen LogP contribution < -0.4 is 5.32 Å². The number of benzene rings is 1. The molecule has 0 saturated carbocycles. The summed E-state index contributed by atoms with van der Waals surface area (Å²) in [7, 11) is 0. The molecule has 0 unspecified atom stereocenters. The maximum Gasteiger partial charge on any atom is 0.250 e. The molecule has 2 aliphatic heterocycles. The second-order valence-electron chi connectivity index (χ2n) is 7.29. The summed E-state index contributed by atoms with van der Waals surface area (Å²) < 4.78 is 1.90. The van der Waals surface area contributed by atoms with Crippen molar-refractivity contribution in [2.24, 2.45) is 0 Å². The molecular formula is C20H27N5O. The van der Waals surface area contributed by atoms with Crippen LogP contribution in [0, 0.1) is 0 Å². The van der Waals surface area contributed by atoms with Crippen molar-refractivity contribution < 1.29 is 4.79 Å². The molecule has 0 aliphatic carbocycles. The van der Waals surface area contributed by atoms with E-state index in [1.54, 1.807) is 6.20 Å². The summed E-state index contributed by atoms with van der Waals surface area (Å²) in [6.45, 7) is 6.11. The van der Waals surface area contributed by atoms with E-state index < -0.39 is 5.54 Å². The molecule has 1 amide bonds. The highest BCUT2D eigenvalue weighted by molar-refractivity contribution is 5.84. The fourth-order valence-electron chi connectivity index (χ4n) is 4.15. The van der Waals surface area contributed by atoms with E-state index in [4.69, 9.17) is 0 Å². The van der Waals surface area contributed by atoms with Gasteiger partial charge in [-0.3, -0.25) is 14.4 Å². The van der Waals surface area contributed by atoms with Crippen LogP contribution in [-0.2, 0) is 16.9 Å². The Morgan fingerprint density at radius 3 is 2.42 bits per heavy atom. The number of piperazine rings is 1. The van der Waals surface area contributed by atoms with Gasteiger partial charge in [0.1, 0.15) is 5.54 Å². The van der Waals surface area contributed by atoms with E-state index in [1.807, 2.05) is 23.0 Å². The molecule has 26 heavy (non-hydrogen) atoms. The van der Waals surface area contributed by atoms with E-state index >= 15 is 0 Å². The van der Waals surface area contributed by atoms with Gasteiger partial charge in [-0.2, -0.15) is 5.10 Å². The summed E-state index contributed by atoms with van der Waals surface area (Å²) in [6, 6.07) is 12.5. The van der Waals surface area contributed by atoms with Crippen LogP contribution in [0.1, 0.15) is 18.4 Å². The summed E-state index contributed by atoms with van der Waals surface area (Å²) in [6.07, 6.45) is 5.32. The van der Waals surface area contributed by atoms with Gasteiger partial charge in [-0.15, -0.1) is 0 Å². The topological polar surface area (TPSA) is 53.4 Å². The Kier molecular flexibility index (Phi) is 5.04. The van der Waals surface area contributed by atoms with E-state index in [9.17, 15) is 4.79 Å². The summed E-state index contributed by atoms with van der Waals surface area (Å²) in [5.41, 5.74) is 0.815. The Balaban J connectivity index is 1.42.